The molecule has 6 nitrogen and oxygen atoms in total. The van der Waals surface area contributed by atoms with E-state index in [2.05, 4.69) is 295 Å². The average Bonchev–Trinajstić information content (AvgIpc) is 0.901. The fourth-order valence-corrected chi connectivity index (χ4v) is 16.9. The highest BCUT2D eigenvalue weighted by Gasteiger charge is 2.50. The van der Waals surface area contributed by atoms with Crippen LogP contribution in [0.4, 0.5) is 68.2 Å². The molecule has 11 heteroatoms. The van der Waals surface area contributed by atoms with Gasteiger partial charge in [0.1, 0.15) is 23.0 Å². The maximum absolute atomic E-state index is 7.13. The van der Waals surface area contributed by atoms with E-state index in [-0.39, 0.29) is 20.1 Å². The lowest BCUT2D eigenvalue weighted by Crippen LogP contribution is -2.66. The average molecular weight is 1100 g/mol. The number of hydrogen-bond acceptors (Lipinski definition) is 6. The molecule has 0 amide bonds. The summed E-state index contributed by atoms with van der Waals surface area (Å²) in [6.45, 7) is 14.3. The van der Waals surface area contributed by atoms with Crippen LogP contribution in [-0.2, 0) is 0 Å². The van der Waals surface area contributed by atoms with Crippen molar-refractivity contribution in [2.45, 2.75) is 39.3 Å². The molecule has 17 rings (SSSR count). The van der Waals surface area contributed by atoms with Gasteiger partial charge in [-0.3, -0.25) is 0 Å². The van der Waals surface area contributed by atoms with Crippen LogP contribution in [0.3, 0.4) is 0 Å². The minimum absolute atomic E-state index is 0.0933. The molecule has 6 aliphatic heterocycles. The van der Waals surface area contributed by atoms with Crippen LogP contribution in [0.25, 0.3) is 0 Å². The Balaban J connectivity index is 1.00. The maximum Gasteiger partial charge on any atom is 0.256 e. The molecule has 0 N–H and O–H groups in total. The fourth-order valence-electron chi connectivity index (χ4n) is 14.6. The Hall–Kier alpha value is -9.15. The molecule has 0 saturated heterocycles. The van der Waals surface area contributed by atoms with E-state index < -0.39 is 16.1 Å². The first-order chi connectivity index (χ1) is 40.5. The second kappa shape index (κ2) is 17.7. The molecule has 0 spiro atoms. The number of ether oxygens (including phenoxy) is 2. The van der Waals surface area contributed by atoms with Crippen molar-refractivity contribution in [3.8, 4) is 23.0 Å². The number of rotatable bonds is 6. The first kappa shape index (κ1) is 48.5. The number of anilines is 12. The molecular formula is C72H57B3N4O2Si2. The highest BCUT2D eigenvalue weighted by molar-refractivity contribution is 7.04. The van der Waals surface area contributed by atoms with Crippen LogP contribution in [0.2, 0.25) is 39.3 Å². The minimum Gasteiger partial charge on any atom is -0.458 e. The van der Waals surface area contributed by atoms with Crippen molar-refractivity contribution in [2.24, 2.45) is 0 Å². The van der Waals surface area contributed by atoms with Crippen molar-refractivity contribution in [1.82, 2.24) is 0 Å². The van der Waals surface area contributed by atoms with Gasteiger partial charge in [-0.2, -0.15) is 0 Å². The van der Waals surface area contributed by atoms with Crippen LogP contribution in [0.5, 0.6) is 23.0 Å². The van der Waals surface area contributed by atoms with Crippen molar-refractivity contribution in [3.05, 3.63) is 237 Å². The molecule has 0 radical (unpaired) electrons. The molecule has 0 aromatic heterocycles. The molecule has 11 aromatic rings. The van der Waals surface area contributed by atoms with Gasteiger partial charge < -0.3 is 29.1 Å². The van der Waals surface area contributed by atoms with Gasteiger partial charge in [-0.15, -0.1) is 0 Å². The molecule has 394 valence electrons. The van der Waals surface area contributed by atoms with Crippen LogP contribution in [0.15, 0.2) is 237 Å². The van der Waals surface area contributed by atoms with Gasteiger partial charge in [0.05, 0.1) is 16.1 Å². The third-order valence-corrected chi connectivity index (χ3v) is 22.4. The predicted molar refractivity (Wildman–Crippen MR) is 358 cm³/mol. The summed E-state index contributed by atoms with van der Waals surface area (Å²) in [5.41, 5.74) is 25.1. The van der Waals surface area contributed by atoms with Crippen molar-refractivity contribution in [3.63, 3.8) is 0 Å². The third kappa shape index (κ3) is 7.11. The minimum atomic E-state index is -1.87. The Morgan fingerprint density at radius 3 is 0.916 bits per heavy atom. The Morgan fingerprint density at radius 1 is 0.253 bits per heavy atom. The van der Waals surface area contributed by atoms with Gasteiger partial charge in [-0.1, -0.05) is 177 Å². The van der Waals surface area contributed by atoms with Crippen LogP contribution in [0, 0.1) is 0 Å². The first-order valence-electron chi connectivity index (χ1n) is 29.3. The van der Waals surface area contributed by atoms with Crippen LogP contribution < -0.4 is 88.6 Å². The second-order valence-corrected chi connectivity index (χ2v) is 35.4. The summed E-state index contributed by atoms with van der Waals surface area (Å²) in [5.74, 6) is 3.75. The van der Waals surface area contributed by atoms with E-state index in [1.165, 1.54) is 105 Å². The zero-order valence-electron chi connectivity index (χ0n) is 47.4. The largest absolute Gasteiger partial charge is 0.458 e. The highest BCUT2D eigenvalue weighted by atomic mass is 28.3. The molecule has 0 fully saturated rings. The summed E-state index contributed by atoms with van der Waals surface area (Å²) < 4.78 is 14.3. The normalized spacial score (nSPS) is 14.4. The number of nitrogens with zero attached hydrogens (tertiary/aromatic N) is 4. The lowest BCUT2D eigenvalue weighted by molar-refractivity contribution is 0.487. The van der Waals surface area contributed by atoms with E-state index in [9.17, 15) is 0 Å². The van der Waals surface area contributed by atoms with E-state index >= 15 is 0 Å². The molecule has 0 saturated carbocycles. The van der Waals surface area contributed by atoms with Crippen molar-refractivity contribution >= 4 is 164 Å². The molecular weight excluding hydrogens is 1040 g/mol. The van der Waals surface area contributed by atoms with E-state index in [1.54, 1.807) is 0 Å². The number of para-hydroxylation sites is 6. The van der Waals surface area contributed by atoms with Gasteiger partial charge in [-0.05, 0) is 158 Å². The van der Waals surface area contributed by atoms with Crippen LogP contribution in [-0.4, -0.2) is 36.3 Å². The third-order valence-electron chi connectivity index (χ3n) is 18.4. The zero-order valence-corrected chi connectivity index (χ0v) is 49.4. The summed E-state index contributed by atoms with van der Waals surface area (Å²) in [6, 6.07) is 88.8. The zero-order chi connectivity index (χ0) is 55.6. The number of hydrogen-bond donors (Lipinski definition) is 0. The summed E-state index contributed by atoms with van der Waals surface area (Å²) >= 11 is 0. The van der Waals surface area contributed by atoms with E-state index in [1.807, 2.05) is 0 Å². The SMILES string of the molecule is C[Si](C)(C)c1cc2c3c(c1)N(c1ccccc1)c1cc4c(cc1B3c1ccccc1O2)B1c2cc3c(cc2N(c2ccccc2)c2cccc(c21)N4c1ccccc1)N(c1ccccc1)c1cc([Si](C)(C)C)cc2c1B3c1ccccc1O2. The van der Waals surface area contributed by atoms with Gasteiger partial charge in [0, 0.05) is 68.2 Å². The monoisotopic (exact) mass is 1100 g/mol. The van der Waals surface area contributed by atoms with Crippen LogP contribution >= 0.6 is 0 Å². The molecule has 83 heavy (non-hydrogen) atoms. The molecule has 0 bridgehead atoms. The maximum atomic E-state index is 7.13. The molecule has 0 aliphatic carbocycles. The van der Waals surface area contributed by atoms with Crippen LogP contribution in [0.1, 0.15) is 0 Å². The molecule has 6 heterocycles. The Morgan fingerprint density at radius 2 is 0.566 bits per heavy atom. The van der Waals surface area contributed by atoms with E-state index in [0.717, 1.165) is 45.7 Å². The first-order valence-corrected chi connectivity index (χ1v) is 36.3. The Bertz CT molecular complexity index is 4250. The smallest absolute Gasteiger partial charge is 0.256 e. The quantitative estimate of drug-likeness (QED) is 0.154. The summed E-state index contributed by atoms with van der Waals surface area (Å²) in [4.78, 5) is 10.2. The van der Waals surface area contributed by atoms with E-state index in [4.69, 9.17) is 9.47 Å². The lowest BCUT2D eigenvalue weighted by Gasteiger charge is -2.47. The molecule has 6 aliphatic rings. The van der Waals surface area contributed by atoms with Gasteiger partial charge in [-0.25, -0.2) is 0 Å². The molecule has 0 unspecified atom stereocenters. The summed E-state index contributed by atoms with van der Waals surface area (Å²) in [5, 5.41) is 2.74. The van der Waals surface area contributed by atoms with Crippen molar-refractivity contribution < 1.29 is 9.47 Å². The van der Waals surface area contributed by atoms with Gasteiger partial charge >= 0.3 is 0 Å². The fraction of sp³-hybridized carbons (Fsp3) is 0.0833. The topological polar surface area (TPSA) is 31.4 Å². The van der Waals surface area contributed by atoms with E-state index in [0.29, 0.717) is 0 Å². The Labute approximate surface area is 489 Å². The Kier molecular flexibility index (Phi) is 10.3. The van der Waals surface area contributed by atoms with Crippen molar-refractivity contribution in [2.75, 3.05) is 19.6 Å². The number of fused-ring (bicyclic) bond motifs is 12. The highest BCUT2D eigenvalue weighted by Crippen LogP contribution is 2.49. The molecule has 0 atom stereocenters. The van der Waals surface area contributed by atoms with Gasteiger partial charge in [0.25, 0.3) is 20.1 Å². The van der Waals surface area contributed by atoms with Gasteiger partial charge in [0.2, 0.25) is 0 Å². The standard InChI is InChI=1S/C72H57B3N4O2Si2/c1-82(2,3)50-38-64-71-68(40-50)80-66-36-21-19-32-52(66)73(71)54-42-56-60(44-62(54)78(64)48-28-15-9-16-29-48)76(46-24-11-7-12-25-46)58-34-23-35-59-70(58)75(56)57-43-55-63(45-61(57)77(59)47-26-13-8-14-27-47)79(49-30-17-10-18-31-49)65-39-51(83(4,5)6)41-69-72(65)74(55)53-33-20-22-37-67(53)81-69/h7-45H,1-6H3. The lowest BCUT2D eigenvalue weighted by atomic mass is 9.29. The summed E-state index contributed by atoms with van der Waals surface area (Å²) in [7, 11) is -3.73. The summed E-state index contributed by atoms with van der Waals surface area (Å²) in [6.07, 6.45) is 0. The van der Waals surface area contributed by atoms with Crippen molar-refractivity contribution in [1.29, 1.82) is 0 Å². The molecule has 11 aromatic carbocycles. The second-order valence-electron chi connectivity index (χ2n) is 25.2. The van der Waals surface area contributed by atoms with Gasteiger partial charge in [0.15, 0.2) is 0 Å². The number of benzene rings is 11. The predicted octanol–water partition coefficient (Wildman–Crippen LogP) is 11.7.